The van der Waals surface area contributed by atoms with E-state index in [9.17, 15) is 9.59 Å². The van der Waals surface area contributed by atoms with Crippen LogP contribution < -0.4 is 5.56 Å². The molecule has 2 aromatic rings. The average Bonchev–Trinajstić information content (AvgIpc) is 2.60. The van der Waals surface area contributed by atoms with E-state index < -0.39 is 0 Å². The van der Waals surface area contributed by atoms with Gasteiger partial charge in [-0.2, -0.15) is 0 Å². The molecule has 1 heterocycles. The van der Waals surface area contributed by atoms with Crippen LogP contribution in [0.25, 0.3) is 10.9 Å². The van der Waals surface area contributed by atoms with Crippen molar-refractivity contribution < 1.29 is 9.53 Å². The maximum absolute atomic E-state index is 13.1. The van der Waals surface area contributed by atoms with Gasteiger partial charge in [0.25, 0.3) is 5.56 Å². The number of hydrogen-bond donors (Lipinski definition) is 0. The Labute approximate surface area is 151 Å². The van der Waals surface area contributed by atoms with Crippen LogP contribution >= 0.6 is 11.8 Å². The molecule has 0 aliphatic heterocycles. The lowest BCUT2D eigenvalue weighted by molar-refractivity contribution is -0.144. The van der Waals surface area contributed by atoms with Crippen molar-refractivity contribution in [2.45, 2.75) is 63.3 Å². The fourth-order valence-corrected chi connectivity index (χ4v) is 4.16. The SMILES string of the molecule is CC(C)OC(=O)CSc1nc2ccccc2c(=O)n1C1CCCCC1. The lowest BCUT2D eigenvalue weighted by Gasteiger charge is -2.26. The highest BCUT2D eigenvalue weighted by molar-refractivity contribution is 7.99. The first-order valence-electron chi connectivity index (χ1n) is 8.90. The maximum Gasteiger partial charge on any atom is 0.316 e. The number of ether oxygens (including phenoxy) is 1. The summed E-state index contributed by atoms with van der Waals surface area (Å²) in [5.74, 6) is -0.118. The number of carbonyl (C=O) groups is 1. The van der Waals surface area contributed by atoms with Crippen molar-refractivity contribution >= 4 is 28.6 Å². The van der Waals surface area contributed by atoms with Crippen LogP contribution in [-0.4, -0.2) is 27.4 Å². The minimum atomic E-state index is -0.280. The number of esters is 1. The van der Waals surface area contributed by atoms with Crippen LogP contribution in [0.15, 0.2) is 34.2 Å². The molecule has 1 aliphatic carbocycles. The number of aromatic nitrogens is 2. The summed E-state index contributed by atoms with van der Waals surface area (Å²) in [6.45, 7) is 3.66. The monoisotopic (exact) mass is 360 g/mol. The molecule has 0 bridgehead atoms. The largest absolute Gasteiger partial charge is 0.462 e. The second kappa shape index (κ2) is 8.04. The normalized spacial score (nSPS) is 15.6. The predicted molar refractivity (Wildman–Crippen MR) is 100 cm³/mol. The van der Waals surface area contributed by atoms with E-state index in [0.717, 1.165) is 25.7 Å². The van der Waals surface area contributed by atoms with Crippen molar-refractivity contribution in [3.63, 3.8) is 0 Å². The zero-order valence-electron chi connectivity index (χ0n) is 14.7. The molecular weight excluding hydrogens is 336 g/mol. The topological polar surface area (TPSA) is 61.2 Å². The highest BCUT2D eigenvalue weighted by Gasteiger charge is 2.22. The Hall–Kier alpha value is -1.82. The molecule has 1 fully saturated rings. The van der Waals surface area contributed by atoms with Crippen molar-refractivity contribution in [1.29, 1.82) is 0 Å². The second-order valence-electron chi connectivity index (χ2n) is 6.71. The van der Waals surface area contributed by atoms with Crippen LogP contribution in [0.4, 0.5) is 0 Å². The molecule has 1 aromatic carbocycles. The Morgan fingerprint density at radius 3 is 2.72 bits per heavy atom. The van der Waals surface area contributed by atoms with E-state index in [2.05, 4.69) is 4.98 Å². The Balaban J connectivity index is 1.96. The predicted octanol–water partition coefficient (Wildman–Crippen LogP) is 3.95. The van der Waals surface area contributed by atoms with Gasteiger partial charge in [0.05, 0.1) is 22.8 Å². The fourth-order valence-electron chi connectivity index (χ4n) is 3.31. The Kier molecular flexibility index (Phi) is 5.78. The van der Waals surface area contributed by atoms with Crippen molar-refractivity contribution in [3.8, 4) is 0 Å². The van der Waals surface area contributed by atoms with Gasteiger partial charge in [-0.3, -0.25) is 14.2 Å². The summed E-state index contributed by atoms with van der Waals surface area (Å²) in [5, 5.41) is 1.26. The number of para-hydroxylation sites is 1. The van der Waals surface area contributed by atoms with Crippen molar-refractivity contribution in [3.05, 3.63) is 34.6 Å². The Morgan fingerprint density at radius 2 is 2.00 bits per heavy atom. The number of carbonyl (C=O) groups excluding carboxylic acids is 1. The molecule has 1 aliphatic rings. The van der Waals surface area contributed by atoms with E-state index in [0.29, 0.717) is 16.1 Å². The number of benzene rings is 1. The van der Waals surface area contributed by atoms with Crippen LogP contribution in [0.3, 0.4) is 0 Å². The van der Waals surface area contributed by atoms with E-state index in [1.165, 1.54) is 18.2 Å². The van der Waals surface area contributed by atoms with Crippen LogP contribution in [-0.2, 0) is 9.53 Å². The summed E-state index contributed by atoms with van der Waals surface area (Å²) in [7, 11) is 0. The van der Waals surface area contributed by atoms with Gasteiger partial charge >= 0.3 is 5.97 Å². The molecule has 1 saturated carbocycles. The summed E-state index contributed by atoms with van der Waals surface area (Å²) < 4.78 is 7.01. The van der Waals surface area contributed by atoms with Crippen molar-refractivity contribution in [2.75, 3.05) is 5.75 Å². The van der Waals surface area contributed by atoms with Gasteiger partial charge in [0.1, 0.15) is 0 Å². The molecule has 0 radical (unpaired) electrons. The molecule has 0 atom stereocenters. The van der Waals surface area contributed by atoms with Crippen LogP contribution in [0, 0.1) is 0 Å². The third-order valence-corrected chi connectivity index (χ3v) is 5.33. The summed E-state index contributed by atoms with van der Waals surface area (Å²) in [5.41, 5.74) is 0.677. The number of hydrogen-bond acceptors (Lipinski definition) is 5. The van der Waals surface area contributed by atoms with Gasteiger partial charge in [-0.25, -0.2) is 4.98 Å². The number of fused-ring (bicyclic) bond motifs is 1. The fraction of sp³-hybridized carbons (Fsp3) is 0.526. The number of rotatable bonds is 5. The third kappa shape index (κ3) is 4.24. The molecule has 1 aromatic heterocycles. The van der Waals surface area contributed by atoms with Crippen molar-refractivity contribution in [1.82, 2.24) is 9.55 Å². The lowest BCUT2D eigenvalue weighted by atomic mass is 9.95. The molecular formula is C19H24N2O3S. The lowest BCUT2D eigenvalue weighted by Crippen LogP contribution is -2.29. The van der Waals surface area contributed by atoms with Gasteiger partial charge in [-0.1, -0.05) is 43.2 Å². The average molecular weight is 360 g/mol. The van der Waals surface area contributed by atoms with Crippen LogP contribution in [0.1, 0.15) is 52.0 Å². The smallest absolute Gasteiger partial charge is 0.316 e. The van der Waals surface area contributed by atoms with Gasteiger partial charge in [0, 0.05) is 6.04 Å². The van der Waals surface area contributed by atoms with Crippen LogP contribution in [0.5, 0.6) is 0 Å². The molecule has 0 unspecified atom stereocenters. The van der Waals surface area contributed by atoms with E-state index in [1.54, 1.807) is 0 Å². The zero-order valence-corrected chi connectivity index (χ0v) is 15.6. The molecule has 3 rings (SSSR count). The van der Waals surface area contributed by atoms with Gasteiger partial charge in [-0.15, -0.1) is 0 Å². The van der Waals surface area contributed by atoms with Crippen molar-refractivity contribution in [2.24, 2.45) is 0 Å². The first-order valence-corrected chi connectivity index (χ1v) is 9.88. The van der Waals surface area contributed by atoms with E-state index in [4.69, 9.17) is 4.74 Å². The standard InChI is InChI=1S/C19H24N2O3S/c1-13(2)24-17(22)12-25-19-20-16-11-7-6-10-15(16)18(23)21(19)14-8-4-3-5-9-14/h6-7,10-11,13-14H,3-5,8-9,12H2,1-2H3. The minimum Gasteiger partial charge on any atom is -0.462 e. The molecule has 25 heavy (non-hydrogen) atoms. The van der Waals surface area contributed by atoms with E-state index in [-0.39, 0.29) is 29.4 Å². The molecule has 5 nitrogen and oxygen atoms in total. The van der Waals surface area contributed by atoms with Gasteiger partial charge in [0.2, 0.25) is 0 Å². The first-order chi connectivity index (χ1) is 12.1. The maximum atomic E-state index is 13.1. The van der Waals surface area contributed by atoms with Gasteiger partial charge in [-0.05, 0) is 38.8 Å². The zero-order chi connectivity index (χ0) is 17.8. The molecule has 0 amide bonds. The molecule has 0 spiro atoms. The molecule has 6 heteroatoms. The molecule has 0 N–H and O–H groups in total. The Morgan fingerprint density at radius 1 is 1.28 bits per heavy atom. The summed E-state index contributed by atoms with van der Waals surface area (Å²) in [6, 6.07) is 7.58. The highest BCUT2D eigenvalue weighted by Crippen LogP contribution is 2.31. The Bertz CT molecular complexity index is 810. The van der Waals surface area contributed by atoms with Gasteiger partial charge < -0.3 is 4.74 Å². The van der Waals surface area contributed by atoms with Crippen LogP contribution in [0.2, 0.25) is 0 Å². The summed E-state index contributed by atoms with van der Waals surface area (Å²) in [4.78, 5) is 29.6. The molecule has 0 saturated heterocycles. The third-order valence-electron chi connectivity index (χ3n) is 4.40. The van der Waals surface area contributed by atoms with E-state index >= 15 is 0 Å². The summed E-state index contributed by atoms with van der Waals surface area (Å²) >= 11 is 1.30. The quantitative estimate of drug-likeness (QED) is 0.459. The number of thioether (sulfide) groups is 1. The molecule has 134 valence electrons. The first kappa shape index (κ1) is 18.0. The van der Waals surface area contributed by atoms with Gasteiger partial charge in [0.15, 0.2) is 5.16 Å². The second-order valence-corrected chi connectivity index (χ2v) is 7.65. The number of nitrogens with zero attached hydrogens (tertiary/aromatic N) is 2. The van der Waals surface area contributed by atoms with E-state index in [1.807, 2.05) is 42.7 Å². The minimum absolute atomic E-state index is 0.00257. The highest BCUT2D eigenvalue weighted by atomic mass is 32.2. The summed E-state index contributed by atoms with van der Waals surface area (Å²) in [6.07, 6.45) is 5.31.